The molecule has 0 bridgehead atoms. The molecule has 0 atom stereocenters. The first-order chi connectivity index (χ1) is 19.5. The van der Waals surface area contributed by atoms with Crippen molar-refractivity contribution in [2.24, 2.45) is 0 Å². The third kappa shape index (κ3) is 8.93. The number of hydrogen-bond donors (Lipinski definition) is 2. The van der Waals surface area contributed by atoms with Gasteiger partial charge in [-0.25, -0.2) is 0 Å². The molecule has 0 fully saturated rings. The summed E-state index contributed by atoms with van der Waals surface area (Å²) in [7, 11) is 4.69. The van der Waals surface area contributed by atoms with Crippen LogP contribution >= 0.6 is 0 Å². The molecule has 0 unspecified atom stereocenters. The van der Waals surface area contributed by atoms with Gasteiger partial charge in [0.2, 0.25) is 0 Å². The summed E-state index contributed by atoms with van der Waals surface area (Å²) in [5.74, 6) is 1.70. The predicted molar refractivity (Wildman–Crippen MR) is 156 cm³/mol. The van der Waals surface area contributed by atoms with Crippen molar-refractivity contribution in [1.29, 1.82) is 0 Å². The van der Waals surface area contributed by atoms with Crippen molar-refractivity contribution in [2.75, 3.05) is 27.9 Å². The zero-order valence-electron chi connectivity index (χ0n) is 23.8. The molecule has 8 heteroatoms. The second kappa shape index (κ2) is 16.0. The minimum Gasteiger partial charge on any atom is -0.497 e. The van der Waals surface area contributed by atoms with Crippen molar-refractivity contribution >= 4 is 11.8 Å². The zero-order valence-corrected chi connectivity index (χ0v) is 23.8. The van der Waals surface area contributed by atoms with Gasteiger partial charge in [-0.3, -0.25) is 9.59 Å². The highest BCUT2D eigenvalue weighted by molar-refractivity contribution is 5.97. The Bertz CT molecular complexity index is 1150. The second-order valence-corrected chi connectivity index (χ2v) is 9.36. The number of methoxy groups -OCH3 is 3. The fourth-order valence-electron chi connectivity index (χ4n) is 4.16. The number of rotatable bonds is 16. The normalized spacial score (nSPS) is 10.6. The van der Waals surface area contributed by atoms with Crippen LogP contribution in [0, 0.1) is 0 Å². The van der Waals surface area contributed by atoms with Gasteiger partial charge in [0, 0.05) is 11.1 Å². The van der Waals surface area contributed by atoms with Gasteiger partial charge in [-0.2, -0.15) is 0 Å². The Balaban J connectivity index is 1.77. The molecule has 0 spiro atoms. The van der Waals surface area contributed by atoms with E-state index >= 15 is 0 Å². The maximum atomic E-state index is 13.1. The lowest BCUT2D eigenvalue weighted by atomic mass is 10.1. The van der Waals surface area contributed by atoms with Crippen LogP contribution in [0.15, 0.2) is 66.7 Å². The highest BCUT2D eigenvalue weighted by Gasteiger charge is 2.21. The van der Waals surface area contributed by atoms with Crippen LogP contribution in [0.2, 0.25) is 0 Å². The van der Waals surface area contributed by atoms with Crippen LogP contribution in [0.1, 0.15) is 77.9 Å². The fourth-order valence-corrected chi connectivity index (χ4v) is 4.16. The van der Waals surface area contributed by atoms with Crippen molar-refractivity contribution < 1.29 is 28.5 Å². The molecule has 8 nitrogen and oxygen atoms in total. The molecule has 214 valence electrons. The number of ether oxygens (including phenoxy) is 4. The summed E-state index contributed by atoms with van der Waals surface area (Å²) in [6.07, 6.45) is 6.19. The molecular formula is C32H40N2O6. The second-order valence-electron chi connectivity index (χ2n) is 9.36. The van der Waals surface area contributed by atoms with Gasteiger partial charge < -0.3 is 29.6 Å². The molecule has 0 radical (unpaired) electrons. The van der Waals surface area contributed by atoms with Crippen molar-refractivity contribution in [3.8, 4) is 23.0 Å². The predicted octanol–water partition coefficient (Wildman–Crippen LogP) is 6.31. The number of nitrogens with one attached hydrogen (secondary N) is 2. The molecule has 0 aromatic heterocycles. The van der Waals surface area contributed by atoms with E-state index in [9.17, 15) is 9.59 Å². The summed E-state index contributed by atoms with van der Waals surface area (Å²) in [5.41, 5.74) is 1.48. The summed E-state index contributed by atoms with van der Waals surface area (Å²) in [6, 6.07) is 18.9. The molecule has 0 saturated carbocycles. The van der Waals surface area contributed by atoms with E-state index in [0.717, 1.165) is 12.8 Å². The Morgan fingerprint density at radius 3 is 1.68 bits per heavy atom. The Hall–Kier alpha value is -4.20. The SMILES string of the molecule is CCCCCCCCOc1ccc(C(NC(=O)c2ccc(OC)cc2)NC(=O)c2ccc(OC)cc2)cc1OC. The van der Waals surface area contributed by atoms with Gasteiger partial charge in [0.1, 0.15) is 17.7 Å². The van der Waals surface area contributed by atoms with Gasteiger partial charge in [0.25, 0.3) is 11.8 Å². The number of unbranched alkanes of at least 4 members (excludes halogenated alkanes) is 5. The Labute approximate surface area is 237 Å². The molecule has 40 heavy (non-hydrogen) atoms. The molecule has 2 N–H and O–H groups in total. The quantitative estimate of drug-likeness (QED) is 0.161. The van der Waals surface area contributed by atoms with E-state index in [2.05, 4.69) is 17.6 Å². The first kappa shape index (κ1) is 30.3. The van der Waals surface area contributed by atoms with E-state index in [1.165, 1.54) is 25.7 Å². The molecule has 3 rings (SSSR count). The van der Waals surface area contributed by atoms with E-state index in [-0.39, 0.29) is 11.8 Å². The molecule has 0 aliphatic rings. The van der Waals surface area contributed by atoms with Crippen molar-refractivity contribution in [3.63, 3.8) is 0 Å². The standard InChI is InChI=1S/C32H40N2O6/c1-5-6-7-8-9-10-21-40-28-20-15-25(22-29(28)39-4)30(33-31(35)23-11-16-26(37-2)17-12-23)34-32(36)24-13-18-27(38-3)19-14-24/h11-20,22,30H,5-10,21H2,1-4H3,(H,33,35)(H,34,36). The molecule has 0 aliphatic heterocycles. The maximum Gasteiger partial charge on any atom is 0.253 e. The first-order valence-electron chi connectivity index (χ1n) is 13.7. The van der Waals surface area contributed by atoms with Crippen LogP contribution in [-0.2, 0) is 0 Å². The highest BCUT2D eigenvalue weighted by Crippen LogP contribution is 2.30. The van der Waals surface area contributed by atoms with Crippen LogP contribution in [0.25, 0.3) is 0 Å². The van der Waals surface area contributed by atoms with Crippen LogP contribution in [0.5, 0.6) is 23.0 Å². The van der Waals surface area contributed by atoms with Crippen molar-refractivity contribution in [2.45, 2.75) is 51.6 Å². The van der Waals surface area contributed by atoms with Crippen LogP contribution in [-0.4, -0.2) is 39.8 Å². The topological polar surface area (TPSA) is 95.1 Å². The summed E-state index contributed by atoms with van der Waals surface area (Å²) >= 11 is 0. The van der Waals surface area contributed by atoms with Gasteiger partial charge in [-0.05, 0) is 72.6 Å². The molecule has 3 aromatic rings. The highest BCUT2D eigenvalue weighted by atomic mass is 16.5. The average Bonchev–Trinajstić information content (AvgIpc) is 3.00. The number of carbonyl (C=O) groups is 2. The Morgan fingerprint density at radius 1 is 0.650 bits per heavy atom. The smallest absolute Gasteiger partial charge is 0.253 e. The number of hydrogen-bond acceptors (Lipinski definition) is 6. The minimum absolute atomic E-state index is 0.356. The Kier molecular flexibility index (Phi) is 12.2. The summed E-state index contributed by atoms with van der Waals surface area (Å²) in [6.45, 7) is 2.80. The minimum atomic E-state index is -0.842. The summed E-state index contributed by atoms with van der Waals surface area (Å²) in [4.78, 5) is 26.3. The lowest BCUT2D eigenvalue weighted by Crippen LogP contribution is -2.41. The van der Waals surface area contributed by atoms with E-state index < -0.39 is 6.17 Å². The van der Waals surface area contributed by atoms with Crippen LogP contribution < -0.4 is 29.6 Å². The van der Waals surface area contributed by atoms with Gasteiger partial charge in [-0.15, -0.1) is 0 Å². The number of benzene rings is 3. The van der Waals surface area contributed by atoms with Crippen molar-refractivity contribution in [3.05, 3.63) is 83.4 Å². The molecule has 0 heterocycles. The van der Waals surface area contributed by atoms with Gasteiger partial charge in [0.15, 0.2) is 11.5 Å². The molecular weight excluding hydrogens is 508 g/mol. The van der Waals surface area contributed by atoms with E-state index in [4.69, 9.17) is 18.9 Å². The lowest BCUT2D eigenvalue weighted by Gasteiger charge is -2.22. The molecule has 2 amide bonds. The summed E-state index contributed by atoms with van der Waals surface area (Å²) in [5, 5.41) is 5.85. The Morgan fingerprint density at radius 2 is 1.18 bits per heavy atom. The van der Waals surface area contributed by atoms with Gasteiger partial charge >= 0.3 is 0 Å². The van der Waals surface area contributed by atoms with E-state index in [1.807, 2.05) is 6.07 Å². The average molecular weight is 549 g/mol. The van der Waals surface area contributed by atoms with Crippen LogP contribution in [0.3, 0.4) is 0 Å². The van der Waals surface area contributed by atoms with E-state index in [0.29, 0.717) is 46.3 Å². The first-order valence-corrected chi connectivity index (χ1v) is 13.7. The van der Waals surface area contributed by atoms with Gasteiger partial charge in [-0.1, -0.05) is 45.1 Å². The summed E-state index contributed by atoms with van der Waals surface area (Å²) < 4.78 is 22.0. The molecule has 3 aromatic carbocycles. The number of amides is 2. The zero-order chi connectivity index (χ0) is 28.7. The monoisotopic (exact) mass is 548 g/mol. The van der Waals surface area contributed by atoms with Gasteiger partial charge in [0.05, 0.1) is 27.9 Å². The third-order valence-corrected chi connectivity index (χ3v) is 6.53. The number of carbonyl (C=O) groups excluding carboxylic acids is 2. The van der Waals surface area contributed by atoms with Crippen molar-refractivity contribution in [1.82, 2.24) is 10.6 Å². The van der Waals surface area contributed by atoms with E-state index in [1.54, 1.807) is 82.0 Å². The molecule has 0 aliphatic carbocycles. The maximum absolute atomic E-state index is 13.1. The van der Waals surface area contributed by atoms with Crippen LogP contribution in [0.4, 0.5) is 0 Å². The fraction of sp³-hybridized carbons (Fsp3) is 0.375. The third-order valence-electron chi connectivity index (χ3n) is 6.53. The molecule has 0 saturated heterocycles. The lowest BCUT2D eigenvalue weighted by molar-refractivity contribution is 0.0883. The largest absolute Gasteiger partial charge is 0.497 e.